The topological polar surface area (TPSA) is 72.5 Å². The fourth-order valence-corrected chi connectivity index (χ4v) is 2.82. The van der Waals surface area contributed by atoms with Crippen LogP contribution in [0.1, 0.15) is 46.0 Å². The Hall–Kier alpha value is -2.95. The van der Waals surface area contributed by atoms with Crippen molar-refractivity contribution in [3.05, 3.63) is 71.3 Å². The van der Waals surface area contributed by atoms with Crippen molar-refractivity contribution in [1.82, 2.24) is 5.32 Å². The molecule has 0 spiro atoms. The van der Waals surface area contributed by atoms with E-state index in [4.69, 9.17) is 4.74 Å². The maximum atomic E-state index is 12.7. The van der Waals surface area contributed by atoms with Gasteiger partial charge in [0.25, 0.3) is 5.91 Å². The number of ketones is 1. The largest absolute Gasteiger partial charge is 0.452 e. The number of carbonyl (C=O) groups is 3. The lowest BCUT2D eigenvalue weighted by Crippen LogP contribution is -2.37. The lowest BCUT2D eigenvalue weighted by atomic mass is 9.98. The summed E-state index contributed by atoms with van der Waals surface area (Å²) >= 11 is 0. The molecule has 0 saturated heterocycles. The number of hydrogen-bond donors (Lipinski definition) is 1. The summed E-state index contributed by atoms with van der Waals surface area (Å²) in [5.74, 6) is -0.743. The normalized spacial score (nSPS) is 14.3. The van der Waals surface area contributed by atoms with E-state index in [0.717, 1.165) is 12.8 Å². The minimum absolute atomic E-state index is 0.0909. The van der Waals surface area contributed by atoms with E-state index < -0.39 is 5.97 Å². The van der Waals surface area contributed by atoms with Crippen LogP contribution in [0.15, 0.2) is 54.6 Å². The van der Waals surface area contributed by atoms with E-state index in [1.54, 1.807) is 42.5 Å². The molecule has 26 heavy (non-hydrogen) atoms. The minimum Gasteiger partial charge on any atom is -0.452 e. The smallest absolute Gasteiger partial charge is 0.339 e. The second-order valence-electron chi connectivity index (χ2n) is 6.51. The Morgan fingerprint density at radius 1 is 1.00 bits per heavy atom. The van der Waals surface area contributed by atoms with Crippen LogP contribution in [0.25, 0.3) is 0 Å². The number of esters is 1. The van der Waals surface area contributed by atoms with Crippen LogP contribution in [0.3, 0.4) is 0 Å². The average molecular weight is 351 g/mol. The van der Waals surface area contributed by atoms with Gasteiger partial charge in [0.2, 0.25) is 0 Å². The van der Waals surface area contributed by atoms with Gasteiger partial charge in [-0.15, -0.1) is 0 Å². The summed E-state index contributed by atoms with van der Waals surface area (Å²) in [4.78, 5) is 36.9. The number of carbonyl (C=O) groups excluding carboxylic acids is 3. The lowest BCUT2D eigenvalue weighted by Gasteiger charge is -2.13. The molecule has 5 heteroatoms. The zero-order valence-electron chi connectivity index (χ0n) is 14.6. The van der Waals surface area contributed by atoms with Crippen molar-refractivity contribution in [3.8, 4) is 0 Å². The predicted octanol–water partition coefficient (Wildman–Crippen LogP) is 2.99. The SMILES string of the molecule is C[C@@H](NC(=O)COC(=O)c1ccccc1C(=O)c1ccccc1)C1CC1. The molecule has 1 fully saturated rings. The van der Waals surface area contributed by atoms with Crippen molar-refractivity contribution in [3.63, 3.8) is 0 Å². The molecule has 0 bridgehead atoms. The molecular weight excluding hydrogens is 330 g/mol. The van der Waals surface area contributed by atoms with Crippen LogP contribution in [-0.2, 0) is 9.53 Å². The zero-order chi connectivity index (χ0) is 18.5. The van der Waals surface area contributed by atoms with E-state index in [2.05, 4.69) is 5.32 Å². The Labute approximate surface area is 152 Å². The molecule has 0 aliphatic heterocycles. The second-order valence-corrected chi connectivity index (χ2v) is 6.51. The van der Waals surface area contributed by atoms with Gasteiger partial charge in [0, 0.05) is 17.2 Å². The number of amides is 1. The second kappa shape index (κ2) is 7.95. The van der Waals surface area contributed by atoms with E-state index in [-0.39, 0.29) is 35.5 Å². The zero-order valence-corrected chi connectivity index (χ0v) is 14.6. The quantitative estimate of drug-likeness (QED) is 0.615. The Bertz CT molecular complexity index is 812. The van der Waals surface area contributed by atoms with E-state index in [9.17, 15) is 14.4 Å². The van der Waals surface area contributed by atoms with Gasteiger partial charge in [0.15, 0.2) is 12.4 Å². The van der Waals surface area contributed by atoms with Gasteiger partial charge in [0.1, 0.15) is 0 Å². The summed E-state index contributed by atoms with van der Waals surface area (Å²) in [6.07, 6.45) is 2.24. The van der Waals surface area contributed by atoms with E-state index >= 15 is 0 Å². The first-order valence-corrected chi connectivity index (χ1v) is 8.71. The van der Waals surface area contributed by atoms with Crippen LogP contribution < -0.4 is 5.32 Å². The molecule has 0 unspecified atom stereocenters. The number of hydrogen-bond acceptors (Lipinski definition) is 4. The summed E-state index contributed by atoms with van der Waals surface area (Å²) in [5, 5.41) is 2.83. The minimum atomic E-state index is -0.681. The average Bonchev–Trinajstić information content (AvgIpc) is 3.51. The van der Waals surface area contributed by atoms with E-state index in [0.29, 0.717) is 11.5 Å². The standard InChI is InChI=1S/C21H21NO4/c1-14(15-11-12-15)22-19(23)13-26-21(25)18-10-6-5-9-17(18)20(24)16-7-3-2-4-8-16/h2-10,14-15H,11-13H2,1H3,(H,22,23)/t14-/m1/s1. The maximum Gasteiger partial charge on any atom is 0.339 e. The highest BCUT2D eigenvalue weighted by Gasteiger charge is 2.29. The predicted molar refractivity (Wildman–Crippen MR) is 96.9 cm³/mol. The van der Waals surface area contributed by atoms with Crippen LogP contribution in [0.4, 0.5) is 0 Å². The van der Waals surface area contributed by atoms with Gasteiger partial charge in [-0.3, -0.25) is 9.59 Å². The van der Waals surface area contributed by atoms with Gasteiger partial charge >= 0.3 is 5.97 Å². The van der Waals surface area contributed by atoms with E-state index in [1.807, 2.05) is 13.0 Å². The fourth-order valence-electron chi connectivity index (χ4n) is 2.82. The van der Waals surface area contributed by atoms with Crippen LogP contribution in [0, 0.1) is 5.92 Å². The summed E-state index contributed by atoms with van der Waals surface area (Å²) in [7, 11) is 0. The monoisotopic (exact) mass is 351 g/mol. The van der Waals surface area contributed by atoms with Crippen molar-refractivity contribution in [1.29, 1.82) is 0 Å². The maximum absolute atomic E-state index is 12.7. The molecule has 1 amide bonds. The highest BCUT2D eigenvalue weighted by molar-refractivity contribution is 6.14. The van der Waals surface area contributed by atoms with Gasteiger partial charge in [-0.05, 0) is 31.7 Å². The van der Waals surface area contributed by atoms with E-state index in [1.165, 1.54) is 6.07 Å². The highest BCUT2D eigenvalue weighted by Crippen LogP contribution is 2.32. The van der Waals surface area contributed by atoms with Crippen LogP contribution in [0.2, 0.25) is 0 Å². The Kier molecular flexibility index (Phi) is 5.46. The van der Waals surface area contributed by atoms with Crippen molar-refractivity contribution in [2.24, 2.45) is 5.92 Å². The molecule has 1 atom stereocenters. The van der Waals surface area contributed by atoms with Gasteiger partial charge in [-0.2, -0.15) is 0 Å². The molecule has 1 aliphatic rings. The first kappa shape index (κ1) is 17.9. The highest BCUT2D eigenvalue weighted by atomic mass is 16.5. The molecular formula is C21H21NO4. The molecule has 2 aromatic rings. The summed E-state index contributed by atoms with van der Waals surface area (Å²) in [6.45, 7) is 1.59. The third kappa shape index (κ3) is 4.36. The summed E-state index contributed by atoms with van der Waals surface area (Å²) < 4.78 is 5.11. The number of benzene rings is 2. The van der Waals surface area contributed by atoms with Gasteiger partial charge in [-0.25, -0.2) is 4.79 Å². The number of rotatable bonds is 7. The molecule has 1 saturated carbocycles. The lowest BCUT2D eigenvalue weighted by molar-refractivity contribution is -0.124. The Morgan fingerprint density at radius 3 is 2.27 bits per heavy atom. The molecule has 0 aromatic heterocycles. The number of nitrogens with one attached hydrogen (secondary N) is 1. The van der Waals surface area contributed by atoms with Crippen molar-refractivity contribution < 1.29 is 19.1 Å². The molecule has 0 radical (unpaired) electrons. The van der Waals surface area contributed by atoms with Crippen molar-refractivity contribution >= 4 is 17.7 Å². The number of ether oxygens (including phenoxy) is 1. The Balaban J connectivity index is 1.66. The van der Waals surface area contributed by atoms with Crippen molar-refractivity contribution in [2.75, 3.05) is 6.61 Å². The van der Waals surface area contributed by atoms with Crippen LogP contribution in [0.5, 0.6) is 0 Å². The third-order valence-corrected chi connectivity index (χ3v) is 4.48. The van der Waals surface area contributed by atoms with Crippen LogP contribution >= 0.6 is 0 Å². The Morgan fingerprint density at radius 2 is 1.62 bits per heavy atom. The molecule has 0 heterocycles. The molecule has 134 valence electrons. The van der Waals surface area contributed by atoms with Gasteiger partial charge in [0.05, 0.1) is 5.56 Å². The molecule has 1 N–H and O–H groups in total. The van der Waals surface area contributed by atoms with Gasteiger partial charge in [-0.1, -0.05) is 48.5 Å². The summed E-state index contributed by atoms with van der Waals surface area (Å²) in [5.41, 5.74) is 0.906. The first-order valence-electron chi connectivity index (χ1n) is 8.71. The molecule has 5 nitrogen and oxygen atoms in total. The molecule has 1 aliphatic carbocycles. The van der Waals surface area contributed by atoms with Crippen LogP contribution in [-0.4, -0.2) is 30.3 Å². The van der Waals surface area contributed by atoms with Crippen molar-refractivity contribution in [2.45, 2.75) is 25.8 Å². The third-order valence-electron chi connectivity index (χ3n) is 4.48. The first-order chi connectivity index (χ1) is 12.6. The fraction of sp³-hybridized carbons (Fsp3) is 0.286. The summed E-state index contributed by atoms with van der Waals surface area (Å²) in [6, 6.07) is 15.3. The van der Waals surface area contributed by atoms with Gasteiger partial charge < -0.3 is 10.1 Å². The molecule has 2 aromatic carbocycles. The molecule has 3 rings (SSSR count).